The van der Waals surface area contributed by atoms with Gasteiger partial charge in [-0.05, 0) is 46.5 Å². The number of carbonyl (C=O) groups excluding carboxylic acids is 2. The number of alkyl carbamates (subject to hydrolysis) is 1. The fourth-order valence-electron chi connectivity index (χ4n) is 2.50. The highest BCUT2D eigenvalue weighted by atomic mass is 16.6. The van der Waals surface area contributed by atoms with Crippen molar-refractivity contribution in [3.8, 4) is 0 Å². The summed E-state index contributed by atoms with van der Waals surface area (Å²) in [6.45, 7) is 8.50. The SMILES string of the molecule is CCOC(=O)CNC1CCCC1CNC(=O)OC(C)(C)C. The van der Waals surface area contributed by atoms with Crippen molar-refractivity contribution >= 4 is 12.1 Å². The minimum absolute atomic E-state index is 0.224. The third-order valence-electron chi connectivity index (χ3n) is 3.38. The molecule has 21 heavy (non-hydrogen) atoms. The normalized spacial score (nSPS) is 21.9. The third-order valence-corrected chi connectivity index (χ3v) is 3.38. The number of rotatable bonds is 6. The molecule has 0 aromatic heterocycles. The quantitative estimate of drug-likeness (QED) is 0.732. The van der Waals surface area contributed by atoms with Gasteiger partial charge in [-0.25, -0.2) is 4.79 Å². The second-order valence-electron chi connectivity index (χ2n) is 6.37. The van der Waals surface area contributed by atoms with Crippen molar-refractivity contribution in [2.75, 3.05) is 19.7 Å². The number of hydrogen-bond acceptors (Lipinski definition) is 5. The number of amides is 1. The Morgan fingerprint density at radius 2 is 1.95 bits per heavy atom. The smallest absolute Gasteiger partial charge is 0.407 e. The Kier molecular flexibility index (Phi) is 6.95. The average molecular weight is 300 g/mol. The number of ether oxygens (including phenoxy) is 2. The Hall–Kier alpha value is -1.30. The number of hydrogen-bond donors (Lipinski definition) is 2. The summed E-state index contributed by atoms with van der Waals surface area (Å²) >= 11 is 0. The van der Waals surface area contributed by atoms with Gasteiger partial charge in [-0.3, -0.25) is 4.79 Å². The van der Waals surface area contributed by atoms with Gasteiger partial charge in [0.25, 0.3) is 0 Å². The summed E-state index contributed by atoms with van der Waals surface area (Å²) in [5.74, 6) is 0.0928. The van der Waals surface area contributed by atoms with Crippen LogP contribution in [-0.4, -0.2) is 43.4 Å². The van der Waals surface area contributed by atoms with Crippen LogP contribution >= 0.6 is 0 Å². The lowest BCUT2D eigenvalue weighted by Crippen LogP contribution is -2.42. The van der Waals surface area contributed by atoms with E-state index >= 15 is 0 Å². The molecule has 0 spiro atoms. The lowest BCUT2D eigenvalue weighted by atomic mass is 10.0. The monoisotopic (exact) mass is 300 g/mol. The lowest BCUT2D eigenvalue weighted by molar-refractivity contribution is -0.142. The van der Waals surface area contributed by atoms with Crippen molar-refractivity contribution < 1.29 is 19.1 Å². The molecule has 0 bridgehead atoms. The van der Waals surface area contributed by atoms with E-state index in [0.29, 0.717) is 19.1 Å². The number of nitrogens with one attached hydrogen (secondary N) is 2. The van der Waals surface area contributed by atoms with Gasteiger partial charge in [-0.1, -0.05) is 6.42 Å². The average Bonchev–Trinajstić information content (AvgIpc) is 2.79. The molecule has 1 rings (SSSR count). The van der Waals surface area contributed by atoms with Crippen LogP contribution in [0.4, 0.5) is 4.79 Å². The van der Waals surface area contributed by atoms with Gasteiger partial charge in [0, 0.05) is 12.6 Å². The minimum Gasteiger partial charge on any atom is -0.465 e. The first-order valence-electron chi connectivity index (χ1n) is 7.67. The van der Waals surface area contributed by atoms with Crippen LogP contribution in [-0.2, 0) is 14.3 Å². The standard InChI is InChI=1S/C15H28N2O4/c1-5-20-13(18)10-16-12-8-6-7-11(12)9-17-14(19)21-15(2,3)4/h11-12,16H,5-10H2,1-4H3,(H,17,19). The van der Waals surface area contributed by atoms with Gasteiger partial charge in [0.15, 0.2) is 0 Å². The first-order chi connectivity index (χ1) is 9.81. The van der Waals surface area contributed by atoms with Crippen LogP contribution in [0.25, 0.3) is 0 Å². The molecular formula is C15H28N2O4. The zero-order chi connectivity index (χ0) is 15.9. The van der Waals surface area contributed by atoms with Crippen LogP contribution in [0.3, 0.4) is 0 Å². The Labute approximate surface area is 126 Å². The van der Waals surface area contributed by atoms with E-state index in [1.807, 2.05) is 20.8 Å². The van der Waals surface area contributed by atoms with E-state index in [1.54, 1.807) is 6.92 Å². The van der Waals surface area contributed by atoms with Gasteiger partial charge < -0.3 is 20.1 Å². The van der Waals surface area contributed by atoms with E-state index < -0.39 is 11.7 Å². The van der Waals surface area contributed by atoms with E-state index in [4.69, 9.17) is 9.47 Å². The summed E-state index contributed by atoms with van der Waals surface area (Å²) in [5, 5.41) is 6.03. The highest BCUT2D eigenvalue weighted by molar-refractivity contribution is 5.71. The summed E-state index contributed by atoms with van der Waals surface area (Å²) in [7, 11) is 0. The molecule has 1 fully saturated rings. The molecule has 1 amide bonds. The van der Waals surface area contributed by atoms with Crippen molar-refractivity contribution in [2.24, 2.45) is 5.92 Å². The lowest BCUT2D eigenvalue weighted by Gasteiger charge is -2.23. The summed E-state index contributed by atoms with van der Waals surface area (Å²) in [4.78, 5) is 23.0. The van der Waals surface area contributed by atoms with Crippen molar-refractivity contribution in [1.29, 1.82) is 0 Å². The molecule has 0 heterocycles. The molecule has 0 aliphatic heterocycles. The van der Waals surface area contributed by atoms with E-state index in [-0.39, 0.29) is 18.6 Å². The van der Waals surface area contributed by atoms with Crippen molar-refractivity contribution in [2.45, 2.75) is 58.6 Å². The highest BCUT2D eigenvalue weighted by Gasteiger charge is 2.28. The molecule has 0 saturated heterocycles. The summed E-state index contributed by atoms with van der Waals surface area (Å²) < 4.78 is 10.1. The Balaban J connectivity index is 2.30. The van der Waals surface area contributed by atoms with Crippen molar-refractivity contribution in [1.82, 2.24) is 10.6 Å². The first-order valence-corrected chi connectivity index (χ1v) is 7.67. The topological polar surface area (TPSA) is 76.7 Å². The predicted molar refractivity (Wildman–Crippen MR) is 80.0 cm³/mol. The summed E-state index contributed by atoms with van der Waals surface area (Å²) in [6.07, 6.45) is 2.76. The Morgan fingerprint density at radius 1 is 1.24 bits per heavy atom. The second-order valence-corrected chi connectivity index (χ2v) is 6.37. The van der Waals surface area contributed by atoms with Crippen molar-refractivity contribution in [3.63, 3.8) is 0 Å². The molecule has 0 aromatic carbocycles. The molecule has 2 unspecified atom stereocenters. The van der Waals surface area contributed by atoms with Crippen LogP contribution < -0.4 is 10.6 Å². The van der Waals surface area contributed by atoms with E-state index in [9.17, 15) is 9.59 Å². The van der Waals surface area contributed by atoms with Crippen LogP contribution in [0.15, 0.2) is 0 Å². The highest BCUT2D eigenvalue weighted by Crippen LogP contribution is 2.25. The Morgan fingerprint density at radius 3 is 2.57 bits per heavy atom. The van der Waals surface area contributed by atoms with E-state index in [0.717, 1.165) is 19.3 Å². The molecule has 0 radical (unpaired) electrons. The number of esters is 1. The molecule has 2 atom stereocenters. The van der Waals surface area contributed by atoms with Crippen LogP contribution in [0.2, 0.25) is 0 Å². The van der Waals surface area contributed by atoms with Gasteiger partial charge in [-0.15, -0.1) is 0 Å². The largest absolute Gasteiger partial charge is 0.465 e. The first kappa shape index (κ1) is 17.8. The van der Waals surface area contributed by atoms with E-state index in [2.05, 4.69) is 10.6 Å². The molecule has 6 nitrogen and oxygen atoms in total. The molecule has 2 N–H and O–H groups in total. The number of carbonyl (C=O) groups is 2. The predicted octanol–water partition coefficient (Wildman–Crippen LogP) is 1.83. The maximum atomic E-state index is 11.6. The molecule has 122 valence electrons. The molecule has 0 aromatic rings. The molecule has 1 aliphatic carbocycles. The zero-order valence-corrected chi connectivity index (χ0v) is 13.5. The molecule has 1 saturated carbocycles. The van der Waals surface area contributed by atoms with Gasteiger partial charge in [0.05, 0.1) is 13.2 Å². The van der Waals surface area contributed by atoms with Gasteiger partial charge in [0.2, 0.25) is 0 Å². The minimum atomic E-state index is -0.485. The fraction of sp³-hybridized carbons (Fsp3) is 0.867. The molecular weight excluding hydrogens is 272 g/mol. The maximum Gasteiger partial charge on any atom is 0.407 e. The van der Waals surface area contributed by atoms with Gasteiger partial charge in [0.1, 0.15) is 5.60 Å². The molecule has 6 heteroatoms. The van der Waals surface area contributed by atoms with Gasteiger partial charge >= 0.3 is 12.1 Å². The van der Waals surface area contributed by atoms with Crippen LogP contribution in [0, 0.1) is 5.92 Å². The summed E-state index contributed by atoms with van der Waals surface area (Å²) in [6, 6.07) is 0.240. The maximum absolute atomic E-state index is 11.6. The van der Waals surface area contributed by atoms with Crippen LogP contribution in [0.1, 0.15) is 47.0 Å². The van der Waals surface area contributed by atoms with Gasteiger partial charge in [-0.2, -0.15) is 0 Å². The zero-order valence-electron chi connectivity index (χ0n) is 13.5. The van der Waals surface area contributed by atoms with E-state index in [1.165, 1.54) is 0 Å². The third kappa shape index (κ3) is 7.32. The second kappa shape index (κ2) is 8.22. The summed E-state index contributed by atoms with van der Waals surface area (Å²) in [5.41, 5.74) is -0.485. The van der Waals surface area contributed by atoms with Crippen molar-refractivity contribution in [3.05, 3.63) is 0 Å². The molecule has 1 aliphatic rings. The van der Waals surface area contributed by atoms with Crippen LogP contribution in [0.5, 0.6) is 0 Å². The fourth-order valence-corrected chi connectivity index (χ4v) is 2.50. The Bertz CT molecular complexity index is 352.